The second-order valence-electron chi connectivity index (χ2n) is 14.4. The fraction of sp³-hybridized carbons (Fsp3) is 0.452. The summed E-state index contributed by atoms with van der Waals surface area (Å²) in [5, 5.41) is 0. The van der Waals surface area contributed by atoms with Gasteiger partial charge in [0.05, 0.1) is 6.54 Å². The van der Waals surface area contributed by atoms with Crippen molar-refractivity contribution >= 4 is 11.5 Å². The molecule has 2 heterocycles. The molecule has 4 atom stereocenters. The summed E-state index contributed by atoms with van der Waals surface area (Å²) >= 11 is 0. The quantitative estimate of drug-likeness (QED) is 0.177. The Morgan fingerprint density at radius 2 is 1.52 bits per heavy atom. The van der Waals surface area contributed by atoms with Crippen LogP contribution in [0.15, 0.2) is 91.1 Å². The monoisotopic (exact) mass is 587 g/mol. The molecule has 3 aromatic carbocycles. The summed E-state index contributed by atoms with van der Waals surface area (Å²) < 4.78 is 0.827. The van der Waals surface area contributed by atoms with Crippen LogP contribution < -0.4 is 4.48 Å². The van der Waals surface area contributed by atoms with Crippen LogP contribution in [0.4, 0.5) is 11.5 Å². The van der Waals surface area contributed by atoms with Crippen molar-refractivity contribution in [3.63, 3.8) is 0 Å². The maximum Gasteiger partial charge on any atom is 0.236 e. The molecule has 4 unspecified atom stereocenters. The van der Waals surface area contributed by atoms with Crippen LogP contribution in [0.25, 0.3) is 11.1 Å². The van der Waals surface area contributed by atoms with Gasteiger partial charge in [0.15, 0.2) is 0 Å². The van der Waals surface area contributed by atoms with Gasteiger partial charge in [0.25, 0.3) is 0 Å². The molecule has 232 valence electrons. The number of benzene rings is 3. The van der Waals surface area contributed by atoms with E-state index in [2.05, 4.69) is 147 Å². The number of aryl methyl sites for hydroxylation is 1. The van der Waals surface area contributed by atoms with Gasteiger partial charge in [-0.25, -0.2) is 9.47 Å². The van der Waals surface area contributed by atoms with Gasteiger partial charge in [-0.2, -0.15) is 0 Å². The number of rotatable bonds is 9. The standard InChI is InChI=1S/C42H55N2/c1-10-42(11-2)31(5)32(6)44(12-3,39-29-35(41(7,8)9)26-27-38(39)42)40-34(21-18-28-43-40)25-24-30(4)36-22-16-17-23-37(36)33-19-14-13-15-20-33/h13-23,26-32H,10-12,24-25H2,1-9H3/q+1. The first-order valence-electron chi connectivity index (χ1n) is 17.2. The van der Waals surface area contributed by atoms with Gasteiger partial charge in [0.2, 0.25) is 5.82 Å². The molecular formula is C42H55N2+. The third kappa shape index (κ3) is 5.34. The Labute approximate surface area is 268 Å². The summed E-state index contributed by atoms with van der Waals surface area (Å²) in [5.41, 5.74) is 10.2. The fourth-order valence-corrected chi connectivity index (χ4v) is 8.57. The number of quaternary nitrogens is 1. The van der Waals surface area contributed by atoms with Crippen molar-refractivity contribution in [1.29, 1.82) is 0 Å². The Balaban J connectivity index is 1.61. The molecule has 0 amide bonds. The molecule has 2 nitrogen and oxygen atoms in total. The van der Waals surface area contributed by atoms with E-state index in [9.17, 15) is 0 Å². The molecule has 0 radical (unpaired) electrons. The zero-order valence-corrected chi connectivity index (χ0v) is 28.8. The molecule has 2 heteroatoms. The van der Waals surface area contributed by atoms with Gasteiger partial charge in [0, 0.05) is 34.7 Å². The maximum atomic E-state index is 5.31. The fourth-order valence-electron chi connectivity index (χ4n) is 8.57. The van der Waals surface area contributed by atoms with E-state index in [1.165, 1.54) is 39.3 Å². The number of hydrogen-bond donors (Lipinski definition) is 0. The van der Waals surface area contributed by atoms with Crippen LogP contribution in [-0.2, 0) is 17.3 Å². The van der Waals surface area contributed by atoms with Gasteiger partial charge in [-0.3, -0.25) is 0 Å². The molecule has 0 saturated carbocycles. The van der Waals surface area contributed by atoms with E-state index in [1.54, 1.807) is 5.56 Å². The maximum absolute atomic E-state index is 5.31. The Morgan fingerprint density at radius 3 is 2.18 bits per heavy atom. The zero-order chi connectivity index (χ0) is 31.7. The third-order valence-corrected chi connectivity index (χ3v) is 11.5. The van der Waals surface area contributed by atoms with Crippen LogP contribution >= 0.6 is 0 Å². The summed E-state index contributed by atoms with van der Waals surface area (Å²) in [6.07, 6.45) is 6.45. The van der Waals surface area contributed by atoms with Crippen molar-refractivity contribution in [3.8, 4) is 11.1 Å². The molecule has 44 heavy (non-hydrogen) atoms. The second kappa shape index (κ2) is 12.6. The molecule has 5 rings (SSSR count). The van der Waals surface area contributed by atoms with Crippen LogP contribution in [-0.4, -0.2) is 17.6 Å². The van der Waals surface area contributed by atoms with Gasteiger partial charge in [-0.1, -0.05) is 115 Å². The topological polar surface area (TPSA) is 12.9 Å². The smallest absolute Gasteiger partial charge is 0.236 e. The molecule has 0 fully saturated rings. The minimum absolute atomic E-state index is 0.0837. The summed E-state index contributed by atoms with van der Waals surface area (Å²) in [6, 6.07) is 32.2. The van der Waals surface area contributed by atoms with Gasteiger partial charge in [-0.15, -0.1) is 0 Å². The molecule has 1 aliphatic rings. The lowest BCUT2D eigenvalue weighted by Gasteiger charge is -2.55. The van der Waals surface area contributed by atoms with Crippen molar-refractivity contribution in [2.45, 2.75) is 111 Å². The third-order valence-electron chi connectivity index (χ3n) is 11.5. The average molecular weight is 588 g/mol. The van der Waals surface area contributed by atoms with Gasteiger partial charge < -0.3 is 0 Å². The van der Waals surface area contributed by atoms with Crippen LogP contribution in [0.1, 0.15) is 110 Å². The van der Waals surface area contributed by atoms with E-state index >= 15 is 0 Å². The predicted molar refractivity (Wildman–Crippen MR) is 191 cm³/mol. The molecule has 1 aliphatic heterocycles. The lowest BCUT2D eigenvalue weighted by atomic mass is 9.60. The molecule has 0 spiro atoms. The Bertz CT molecular complexity index is 1560. The number of hydrogen-bond acceptors (Lipinski definition) is 1. The highest BCUT2D eigenvalue weighted by atomic mass is 15.4. The molecule has 0 aliphatic carbocycles. The highest BCUT2D eigenvalue weighted by Crippen LogP contribution is 2.57. The minimum atomic E-state index is 0.0837. The number of nitrogens with zero attached hydrogens (tertiary/aromatic N) is 2. The van der Waals surface area contributed by atoms with Crippen LogP contribution in [0.3, 0.4) is 0 Å². The zero-order valence-electron chi connectivity index (χ0n) is 28.8. The lowest BCUT2D eigenvalue weighted by Crippen LogP contribution is -2.62. The summed E-state index contributed by atoms with van der Waals surface area (Å²) in [4.78, 5) is 5.31. The van der Waals surface area contributed by atoms with E-state index in [0.717, 1.165) is 36.7 Å². The molecule has 1 aromatic heterocycles. The Morgan fingerprint density at radius 1 is 0.841 bits per heavy atom. The van der Waals surface area contributed by atoms with Gasteiger partial charge >= 0.3 is 0 Å². The number of fused-ring (bicyclic) bond motifs is 1. The Kier molecular flexibility index (Phi) is 9.24. The van der Waals surface area contributed by atoms with E-state index < -0.39 is 0 Å². The lowest BCUT2D eigenvalue weighted by molar-refractivity contribution is 0.121. The van der Waals surface area contributed by atoms with E-state index in [1.807, 2.05) is 6.20 Å². The highest BCUT2D eigenvalue weighted by molar-refractivity contribution is 5.69. The Hall–Kier alpha value is -3.23. The van der Waals surface area contributed by atoms with Crippen molar-refractivity contribution in [1.82, 2.24) is 9.47 Å². The first kappa shape index (κ1) is 32.2. The van der Waals surface area contributed by atoms with Gasteiger partial charge in [0.1, 0.15) is 11.7 Å². The van der Waals surface area contributed by atoms with Crippen LogP contribution in [0, 0.1) is 5.92 Å². The summed E-state index contributed by atoms with van der Waals surface area (Å²) in [5.74, 6) is 2.21. The number of pyridine rings is 1. The van der Waals surface area contributed by atoms with E-state index in [0.29, 0.717) is 17.9 Å². The van der Waals surface area contributed by atoms with Crippen LogP contribution in [0.5, 0.6) is 0 Å². The largest absolute Gasteiger partial charge is 0.240 e. The van der Waals surface area contributed by atoms with Crippen molar-refractivity contribution in [2.24, 2.45) is 5.92 Å². The molecule has 4 aromatic rings. The molecule has 0 bridgehead atoms. The normalized spacial score (nSPS) is 21.9. The van der Waals surface area contributed by atoms with Crippen molar-refractivity contribution in [3.05, 3.63) is 113 Å². The van der Waals surface area contributed by atoms with Gasteiger partial charge in [-0.05, 0) is 85.3 Å². The predicted octanol–water partition coefficient (Wildman–Crippen LogP) is 11.5. The highest BCUT2D eigenvalue weighted by Gasteiger charge is 2.56. The average Bonchev–Trinajstić information content (AvgIpc) is 3.05. The van der Waals surface area contributed by atoms with Crippen molar-refractivity contribution in [2.75, 3.05) is 6.54 Å². The summed E-state index contributed by atoms with van der Waals surface area (Å²) in [6.45, 7) is 22.7. The first-order valence-corrected chi connectivity index (χ1v) is 17.2. The van der Waals surface area contributed by atoms with E-state index in [-0.39, 0.29) is 10.8 Å². The molecule has 0 saturated heterocycles. The minimum Gasteiger partial charge on any atom is -0.240 e. The molecule has 0 N–H and O–H groups in total. The SMILES string of the molecule is CCC1(CC)c2ccc(C(C)(C)C)cc2[N+](CC)(c2ncccc2CCC(C)c2ccccc2-c2ccccc2)C(C)C1C. The van der Waals surface area contributed by atoms with Crippen LogP contribution in [0.2, 0.25) is 0 Å². The summed E-state index contributed by atoms with van der Waals surface area (Å²) in [7, 11) is 0. The van der Waals surface area contributed by atoms with Crippen molar-refractivity contribution < 1.29 is 0 Å². The molecular weight excluding hydrogens is 532 g/mol. The van der Waals surface area contributed by atoms with E-state index in [4.69, 9.17) is 4.98 Å². The first-order chi connectivity index (χ1) is 21.0. The number of aromatic nitrogens is 1. The second-order valence-corrected chi connectivity index (χ2v) is 14.4.